The van der Waals surface area contributed by atoms with Crippen molar-refractivity contribution in [3.63, 3.8) is 0 Å². The Kier molecular flexibility index (Phi) is 4.21. The lowest BCUT2D eigenvalue weighted by atomic mass is 10.2. The molecule has 0 saturated carbocycles. The molecule has 1 heterocycles. The molecule has 3 N–H and O–H groups in total. The highest BCUT2D eigenvalue weighted by Crippen LogP contribution is 2.33. The highest BCUT2D eigenvalue weighted by molar-refractivity contribution is 9.11. The second-order valence-corrected chi connectivity index (χ2v) is 5.69. The maximum Gasteiger partial charge on any atom is 0.274 e. The zero-order valence-electron chi connectivity index (χ0n) is 10.1. The third-order valence-electron chi connectivity index (χ3n) is 2.53. The summed E-state index contributed by atoms with van der Waals surface area (Å²) in [6, 6.07) is 7.09. The summed E-state index contributed by atoms with van der Waals surface area (Å²) in [6.07, 6.45) is 1.59. The fourth-order valence-electron chi connectivity index (χ4n) is 1.61. The standard InChI is InChI=1S/C13H11Br2N3O/c1-7-3-2-4-17-11(7)13(19)18-12-9(14)5-8(16)6-10(12)15/h2-6H,16H2,1H3,(H,18,19). The predicted molar refractivity (Wildman–Crippen MR) is 83.2 cm³/mol. The molecular formula is C13H11Br2N3O. The minimum atomic E-state index is -0.260. The number of aromatic nitrogens is 1. The summed E-state index contributed by atoms with van der Waals surface area (Å²) in [5.41, 5.74) is 8.16. The van der Waals surface area contributed by atoms with Gasteiger partial charge in [-0.15, -0.1) is 0 Å². The minimum Gasteiger partial charge on any atom is -0.399 e. The van der Waals surface area contributed by atoms with Gasteiger partial charge in [0.05, 0.1) is 5.69 Å². The number of carbonyl (C=O) groups excluding carboxylic acids is 1. The van der Waals surface area contributed by atoms with Crippen LogP contribution in [0.5, 0.6) is 0 Å². The zero-order chi connectivity index (χ0) is 14.0. The van der Waals surface area contributed by atoms with Crippen LogP contribution in [-0.2, 0) is 0 Å². The van der Waals surface area contributed by atoms with Crippen LogP contribution in [0.3, 0.4) is 0 Å². The maximum absolute atomic E-state index is 12.2. The molecule has 0 aliphatic carbocycles. The van der Waals surface area contributed by atoms with Gasteiger partial charge in [0.25, 0.3) is 5.91 Å². The molecule has 1 aromatic carbocycles. The normalized spacial score (nSPS) is 10.3. The molecule has 0 bridgehead atoms. The quantitative estimate of drug-likeness (QED) is 0.774. The fourth-order valence-corrected chi connectivity index (χ4v) is 3.03. The Morgan fingerprint density at radius 3 is 2.53 bits per heavy atom. The monoisotopic (exact) mass is 383 g/mol. The number of pyridine rings is 1. The summed E-state index contributed by atoms with van der Waals surface area (Å²) in [5, 5.41) is 2.81. The first kappa shape index (κ1) is 14.0. The van der Waals surface area contributed by atoms with E-state index in [2.05, 4.69) is 42.2 Å². The Morgan fingerprint density at radius 2 is 1.95 bits per heavy atom. The topological polar surface area (TPSA) is 68.0 Å². The summed E-state index contributed by atoms with van der Waals surface area (Å²) in [5.74, 6) is -0.260. The van der Waals surface area contributed by atoms with E-state index in [0.29, 0.717) is 26.0 Å². The maximum atomic E-state index is 12.2. The summed E-state index contributed by atoms with van der Waals surface area (Å²) >= 11 is 6.74. The number of anilines is 2. The average molecular weight is 385 g/mol. The molecule has 0 aliphatic heterocycles. The SMILES string of the molecule is Cc1cccnc1C(=O)Nc1c(Br)cc(N)cc1Br. The number of nitrogens with one attached hydrogen (secondary N) is 1. The van der Waals surface area contributed by atoms with Gasteiger partial charge in [0, 0.05) is 20.8 Å². The van der Waals surface area contributed by atoms with E-state index in [4.69, 9.17) is 5.73 Å². The van der Waals surface area contributed by atoms with E-state index in [1.54, 1.807) is 24.4 Å². The molecule has 0 aliphatic rings. The molecule has 1 amide bonds. The molecule has 0 unspecified atom stereocenters. The molecule has 6 heteroatoms. The van der Waals surface area contributed by atoms with Gasteiger partial charge >= 0.3 is 0 Å². The summed E-state index contributed by atoms with van der Waals surface area (Å²) in [7, 11) is 0. The zero-order valence-corrected chi connectivity index (χ0v) is 13.2. The van der Waals surface area contributed by atoms with Crippen molar-refractivity contribution < 1.29 is 4.79 Å². The van der Waals surface area contributed by atoms with Crippen LogP contribution >= 0.6 is 31.9 Å². The fraction of sp³-hybridized carbons (Fsp3) is 0.0769. The molecule has 0 radical (unpaired) electrons. The highest BCUT2D eigenvalue weighted by Gasteiger charge is 2.14. The van der Waals surface area contributed by atoms with Crippen molar-refractivity contribution in [3.05, 3.63) is 50.7 Å². The van der Waals surface area contributed by atoms with Gasteiger partial charge in [-0.3, -0.25) is 9.78 Å². The lowest BCUT2D eigenvalue weighted by Gasteiger charge is -2.11. The number of amides is 1. The number of aryl methyl sites for hydroxylation is 1. The van der Waals surface area contributed by atoms with Gasteiger partial charge in [-0.25, -0.2) is 0 Å². The van der Waals surface area contributed by atoms with Crippen molar-refractivity contribution >= 4 is 49.1 Å². The van der Waals surface area contributed by atoms with E-state index < -0.39 is 0 Å². The Hall–Kier alpha value is -1.40. The van der Waals surface area contributed by atoms with Crippen LogP contribution in [0.2, 0.25) is 0 Å². The van der Waals surface area contributed by atoms with Crippen LogP contribution in [0.25, 0.3) is 0 Å². The third kappa shape index (κ3) is 3.13. The number of halogens is 2. The average Bonchev–Trinajstić information content (AvgIpc) is 2.34. The molecular weight excluding hydrogens is 374 g/mol. The smallest absolute Gasteiger partial charge is 0.274 e. The largest absolute Gasteiger partial charge is 0.399 e. The molecule has 2 rings (SSSR count). The van der Waals surface area contributed by atoms with Gasteiger partial charge in [-0.05, 0) is 62.5 Å². The van der Waals surface area contributed by atoms with Crippen LogP contribution < -0.4 is 11.1 Å². The number of hydrogen-bond donors (Lipinski definition) is 2. The number of carbonyl (C=O) groups is 1. The van der Waals surface area contributed by atoms with Crippen molar-refractivity contribution in [1.82, 2.24) is 4.98 Å². The lowest BCUT2D eigenvalue weighted by Crippen LogP contribution is -2.15. The predicted octanol–water partition coefficient (Wildman–Crippen LogP) is 3.75. The number of benzene rings is 1. The molecule has 4 nitrogen and oxygen atoms in total. The molecule has 19 heavy (non-hydrogen) atoms. The molecule has 98 valence electrons. The minimum absolute atomic E-state index is 0.260. The number of nitrogen functional groups attached to an aromatic ring is 1. The molecule has 2 aromatic rings. The molecule has 0 spiro atoms. The molecule has 0 atom stereocenters. The van der Waals surface area contributed by atoms with Gasteiger partial charge in [0.15, 0.2) is 0 Å². The van der Waals surface area contributed by atoms with Crippen molar-refractivity contribution in [1.29, 1.82) is 0 Å². The summed E-state index contributed by atoms with van der Waals surface area (Å²) in [4.78, 5) is 16.3. The van der Waals surface area contributed by atoms with Gasteiger partial charge in [0.2, 0.25) is 0 Å². The first-order chi connectivity index (χ1) is 8.99. The van der Waals surface area contributed by atoms with E-state index in [0.717, 1.165) is 5.56 Å². The van der Waals surface area contributed by atoms with E-state index in [-0.39, 0.29) is 5.91 Å². The number of hydrogen-bond acceptors (Lipinski definition) is 3. The van der Waals surface area contributed by atoms with Crippen molar-refractivity contribution in [2.24, 2.45) is 0 Å². The lowest BCUT2D eigenvalue weighted by molar-refractivity contribution is 0.102. The number of nitrogens with two attached hydrogens (primary N) is 1. The van der Waals surface area contributed by atoms with Gasteiger partial charge in [-0.2, -0.15) is 0 Å². The van der Waals surface area contributed by atoms with Crippen LogP contribution in [0, 0.1) is 6.92 Å². The van der Waals surface area contributed by atoms with Crippen LogP contribution in [-0.4, -0.2) is 10.9 Å². The van der Waals surface area contributed by atoms with Gasteiger partial charge in [-0.1, -0.05) is 6.07 Å². The Balaban J connectivity index is 2.32. The van der Waals surface area contributed by atoms with Crippen LogP contribution in [0.15, 0.2) is 39.4 Å². The number of rotatable bonds is 2. The second-order valence-electron chi connectivity index (χ2n) is 3.98. The van der Waals surface area contributed by atoms with E-state index >= 15 is 0 Å². The van der Waals surface area contributed by atoms with Crippen LogP contribution in [0.4, 0.5) is 11.4 Å². The first-order valence-electron chi connectivity index (χ1n) is 5.46. The van der Waals surface area contributed by atoms with Crippen molar-refractivity contribution in [2.75, 3.05) is 11.1 Å². The third-order valence-corrected chi connectivity index (χ3v) is 3.78. The number of nitrogens with zero attached hydrogens (tertiary/aromatic N) is 1. The van der Waals surface area contributed by atoms with E-state index in [1.807, 2.05) is 13.0 Å². The molecule has 0 fully saturated rings. The van der Waals surface area contributed by atoms with Gasteiger partial charge in [0.1, 0.15) is 5.69 Å². The first-order valence-corrected chi connectivity index (χ1v) is 7.05. The molecule has 1 aromatic heterocycles. The second kappa shape index (κ2) is 5.71. The Morgan fingerprint density at radius 1 is 1.32 bits per heavy atom. The van der Waals surface area contributed by atoms with Gasteiger partial charge < -0.3 is 11.1 Å². The van der Waals surface area contributed by atoms with Crippen molar-refractivity contribution in [2.45, 2.75) is 6.92 Å². The van der Waals surface area contributed by atoms with Crippen LogP contribution in [0.1, 0.15) is 16.1 Å². The highest BCUT2D eigenvalue weighted by atomic mass is 79.9. The van der Waals surface area contributed by atoms with E-state index in [1.165, 1.54) is 0 Å². The van der Waals surface area contributed by atoms with E-state index in [9.17, 15) is 4.79 Å². The Labute approximate surface area is 127 Å². The summed E-state index contributed by atoms with van der Waals surface area (Å²) in [6.45, 7) is 1.84. The summed E-state index contributed by atoms with van der Waals surface area (Å²) < 4.78 is 1.42. The molecule has 0 saturated heterocycles. The van der Waals surface area contributed by atoms with Crippen molar-refractivity contribution in [3.8, 4) is 0 Å². The Bertz CT molecular complexity index is 621.